The Kier molecular flexibility index (Phi) is 6.03. The van der Waals surface area contributed by atoms with Crippen LogP contribution in [0, 0.1) is 0 Å². The number of thiazole rings is 1. The SMILES string of the molecule is CCCN1CCc2c(sc(Nc3nc4ccc(OC)cc4s3)c2C(=O)OCC)C1. The van der Waals surface area contributed by atoms with E-state index in [0.717, 1.165) is 64.1 Å². The lowest BCUT2D eigenvalue weighted by molar-refractivity contribution is 0.0526. The molecule has 0 aliphatic carbocycles. The van der Waals surface area contributed by atoms with Crippen LogP contribution in [0.4, 0.5) is 10.1 Å². The van der Waals surface area contributed by atoms with E-state index in [2.05, 4.69) is 22.1 Å². The fourth-order valence-corrected chi connectivity index (χ4v) is 5.89. The average molecular weight is 432 g/mol. The van der Waals surface area contributed by atoms with Crippen LogP contribution < -0.4 is 10.1 Å². The molecule has 8 heteroatoms. The molecule has 0 amide bonds. The van der Waals surface area contributed by atoms with Crippen LogP contribution in [0.1, 0.15) is 41.1 Å². The Morgan fingerprint density at radius 1 is 1.31 bits per heavy atom. The van der Waals surface area contributed by atoms with Gasteiger partial charge in [0.25, 0.3) is 0 Å². The third-order valence-corrected chi connectivity index (χ3v) is 7.04. The van der Waals surface area contributed by atoms with Crippen LogP contribution in [-0.4, -0.2) is 42.7 Å². The first kappa shape index (κ1) is 20.1. The monoisotopic (exact) mass is 431 g/mol. The van der Waals surface area contributed by atoms with E-state index in [-0.39, 0.29) is 5.97 Å². The molecule has 1 N–H and O–H groups in total. The number of nitrogens with one attached hydrogen (secondary N) is 1. The molecule has 0 unspecified atom stereocenters. The molecule has 0 bridgehead atoms. The summed E-state index contributed by atoms with van der Waals surface area (Å²) in [6.07, 6.45) is 2.00. The van der Waals surface area contributed by atoms with Crippen molar-refractivity contribution in [1.29, 1.82) is 0 Å². The molecule has 6 nitrogen and oxygen atoms in total. The average Bonchev–Trinajstić information content (AvgIpc) is 3.27. The number of rotatable bonds is 7. The molecule has 0 radical (unpaired) electrons. The number of ether oxygens (including phenoxy) is 2. The largest absolute Gasteiger partial charge is 0.497 e. The second-order valence-electron chi connectivity index (χ2n) is 6.93. The number of anilines is 2. The molecular formula is C21H25N3O3S2. The molecule has 0 atom stereocenters. The standard InChI is InChI=1S/C21H25N3O3S2/c1-4-9-24-10-8-14-17(12-24)28-19(18(14)20(25)27-5-2)23-21-22-15-7-6-13(26-3)11-16(15)29-21/h6-7,11H,4-5,8-10,12H2,1-3H3,(H,22,23). The van der Waals surface area contributed by atoms with Gasteiger partial charge in [0.1, 0.15) is 10.8 Å². The minimum atomic E-state index is -0.251. The highest BCUT2D eigenvalue weighted by atomic mass is 32.1. The predicted molar refractivity (Wildman–Crippen MR) is 119 cm³/mol. The van der Waals surface area contributed by atoms with Crippen molar-refractivity contribution in [3.8, 4) is 5.75 Å². The topological polar surface area (TPSA) is 63.7 Å². The maximum Gasteiger partial charge on any atom is 0.341 e. The van der Waals surface area contributed by atoms with Gasteiger partial charge >= 0.3 is 5.97 Å². The van der Waals surface area contributed by atoms with Gasteiger partial charge < -0.3 is 14.8 Å². The lowest BCUT2D eigenvalue weighted by Gasteiger charge is -2.26. The van der Waals surface area contributed by atoms with E-state index in [0.29, 0.717) is 12.2 Å². The van der Waals surface area contributed by atoms with E-state index in [4.69, 9.17) is 9.47 Å². The van der Waals surface area contributed by atoms with E-state index in [1.165, 1.54) is 4.88 Å². The zero-order chi connectivity index (χ0) is 20.4. The Bertz CT molecular complexity index is 1030. The van der Waals surface area contributed by atoms with Gasteiger partial charge in [0.05, 0.1) is 29.5 Å². The minimum absolute atomic E-state index is 0.251. The predicted octanol–water partition coefficient (Wildman–Crippen LogP) is 5.05. The normalized spacial score (nSPS) is 14.0. The number of benzene rings is 1. The van der Waals surface area contributed by atoms with Crippen LogP contribution in [0.3, 0.4) is 0 Å². The quantitative estimate of drug-likeness (QED) is 0.528. The van der Waals surface area contributed by atoms with E-state index < -0.39 is 0 Å². The molecule has 29 heavy (non-hydrogen) atoms. The minimum Gasteiger partial charge on any atom is -0.497 e. The summed E-state index contributed by atoms with van der Waals surface area (Å²) in [5.41, 5.74) is 2.72. The van der Waals surface area contributed by atoms with Crippen molar-refractivity contribution < 1.29 is 14.3 Å². The van der Waals surface area contributed by atoms with Crippen molar-refractivity contribution in [3.63, 3.8) is 0 Å². The molecule has 2 aromatic heterocycles. The number of carbonyl (C=O) groups is 1. The van der Waals surface area contributed by atoms with Crippen LogP contribution in [0.25, 0.3) is 10.2 Å². The summed E-state index contributed by atoms with van der Waals surface area (Å²) in [5, 5.41) is 5.01. The van der Waals surface area contributed by atoms with Crippen LogP contribution in [-0.2, 0) is 17.7 Å². The number of methoxy groups -OCH3 is 1. The van der Waals surface area contributed by atoms with Crippen LogP contribution in [0.2, 0.25) is 0 Å². The summed E-state index contributed by atoms with van der Waals surface area (Å²) in [4.78, 5) is 21.1. The molecule has 0 saturated heterocycles. The summed E-state index contributed by atoms with van der Waals surface area (Å²) < 4.78 is 11.7. The summed E-state index contributed by atoms with van der Waals surface area (Å²) in [6, 6.07) is 5.83. The number of fused-ring (bicyclic) bond motifs is 2. The van der Waals surface area contributed by atoms with Gasteiger partial charge in [0.15, 0.2) is 5.13 Å². The maximum atomic E-state index is 12.7. The number of aromatic nitrogens is 1. The number of esters is 1. The molecule has 1 aromatic carbocycles. The van der Waals surface area contributed by atoms with Gasteiger partial charge in [0.2, 0.25) is 0 Å². The Labute approximate surface area is 178 Å². The molecule has 3 heterocycles. The van der Waals surface area contributed by atoms with Gasteiger partial charge in [-0.1, -0.05) is 18.3 Å². The van der Waals surface area contributed by atoms with Crippen molar-refractivity contribution in [2.75, 3.05) is 32.1 Å². The Hall–Kier alpha value is -2.16. The maximum absolute atomic E-state index is 12.7. The van der Waals surface area contributed by atoms with Crippen molar-refractivity contribution in [2.24, 2.45) is 0 Å². The first-order valence-corrected chi connectivity index (χ1v) is 11.5. The fraction of sp³-hybridized carbons (Fsp3) is 0.429. The van der Waals surface area contributed by atoms with Gasteiger partial charge in [-0.25, -0.2) is 9.78 Å². The first-order valence-electron chi connectivity index (χ1n) is 9.88. The molecule has 1 aliphatic rings. The molecule has 154 valence electrons. The lowest BCUT2D eigenvalue weighted by atomic mass is 10.0. The number of nitrogens with zero attached hydrogens (tertiary/aromatic N) is 2. The third kappa shape index (κ3) is 4.10. The highest BCUT2D eigenvalue weighted by Crippen LogP contribution is 2.40. The molecule has 0 fully saturated rings. The molecule has 1 aliphatic heterocycles. The van der Waals surface area contributed by atoms with Gasteiger partial charge in [-0.3, -0.25) is 4.90 Å². The van der Waals surface area contributed by atoms with Crippen molar-refractivity contribution in [1.82, 2.24) is 9.88 Å². The number of thiophene rings is 1. The second kappa shape index (κ2) is 8.69. The Morgan fingerprint density at radius 3 is 2.93 bits per heavy atom. The number of hydrogen-bond donors (Lipinski definition) is 1. The summed E-state index contributed by atoms with van der Waals surface area (Å²) in [7, 11) is 1.66. The zero-order valence-electron chi connectivity index (χ0n) is 16.9. The summed E-state index contributed by atoms with van der Waals surface area (Å²) in [6.45, 7) is 7.35. The van der Waals surface area contributed by atoms with Crippen LogP contribution in [0.5, 0.6) is 5.75 Å². The molecule has 0 spiro atoms. The smallest absolute Gasteiger partial charge is 0.341 e. The van der Waals surface area contributed by atoms with E-state index in [1.807, 2.05) is 25.1 Å². The highest BCUT2D eigenvalue weighted by molar-refractivity contribution is 7.23. The lowest BCUT2D eigenvalue weighted by Crippen LogP contribution is -2.30. The van der Waals surface area contributed by atoms with E-state index in [1.54, 1.807) is 29.8 Å². The van der Waals surface area contributed by atoms with Gasteiger partial charge in [-0.2, -0.15) is 0 Å². The van der Waals surface area contributed by atoms with Crippen molar-refractivity contribution >= 4 is 49.0 Å². The van der Waals surface area contributed by atoms with E-state index in [9.17, 15) is 4.79 Å². The van der Waals surface area contributed by atoms with Gasteiger partial charge in [0, 0.05) is 18.0 Å². The van der Waals surface area contributed by atoms with Crippen molar-refractivity contribution in [2.45, 2.75) is 33.2 Å². The van der Waals surface area contributed by atoms with E-state index >= 15 is 0 Å². The van der Waals surface area contributed by atoms with Crippen LogP contribution in [0.15, 0.2) is 18.2 Å². The Morgan fingerprint density at radius 2 is 2.17 bits per heavy atom. The third-order valence-electron chi connectivity index (χ3n) is 4.97. The van der Waals surface area contributed by atoms with Crippen LogP contribution >= 0.6 is 22.7 Å². The first-order chi connectivity index (χ1) is 14.1. The summed E-state index contributed by atoms with van der Waals surface area (Å²) in [5.74, 6) is 0.557. The molecule has 0 saturated carbocycles. The van der Waals surface area contributed by atoms with Gasteiger partial charge in [-0.15, -0.1) is 11.3 Å². The molecule has 4 rings (SSSR count). The Balaban J connectivity index is 1.68. The second-order valence-corrected chi connectivity index (χ2v) is 9.07. The van der Waals surface area contributed by atoms with Crippen molar-refractivity contribution in [3.05, 3.63) is 34.2 Å². The highest BCUT2D eigenvalue weighted by Gasteiger charge is 2.29. The molecular weight excluding hydrogens is 406 g/mol. The number of carbonyl (C=O) groups excluding carboxylic acids is 1. The zero-order valence-corrected chi connectivity index (χ0v) is 18.5. The summed E-state index contributed by atoms with van der Waals surface area (Å²) >= 11 is 3.20. The number of hydrogen-bond acceptors (Lipinski definition) is 8. The molecule has 3 aromatic rings. The fourth-order valence-electron chi connectivity index (χ4n) is 3.65. The van der Waals surface area contributed by atoms with Gasteiger partial charge in [-0.05, 0) is 50.1 Å².